The molecule has 2 N–H and O–H groups in total. The SMILES string of the molecule is N#Cc1cncc(-c2cnc(N)cn2)c1. The third-order valence-electron chi connectivity index (χ3n) is 1.83. The van der Waals surface area contributed by atoms with Gasteiger partial charge in [-0.3, -0.25) is 9.97 Å². The third-order valence-corrected chi connectivity index (χ3v) is 1.83. The van der Waals surface area contributed by atoms with Crippen LogP contribution in [0.2, 0.25) is 0 Å². The van der Waals surface area contributed by atoms with Gasteiger partial charge in [0, 0.05) is 18.0 Å². The van der Waals surface area contributed by atoms with Crippen molar-refractivity contribution in [2.45, 2.75) is 0 Å². The van der Waals surface area contributed by atoms with Crippen molar-refractivity contribution in [3.63, 3.8) is 0 Å². The minimum Gasteiger partial charge on any atom is -0.382 e. The Labute approximate surface area is 86.2 Å². The summed E-state index contributed by atoms with van der Waals surface area (Å²) in [5, 5.41) is 8.71. The fraction of sp³-hybridized carbons (Fsp3) is 0. The van der Waals surface area contributed by atoms with Crippen molar-refractivity contribution in [3.8, 4) is 17.3 Å². The van der Waals surface area contributed by atoms with E-state index in [9.17, 15) is 0 Å². The lowest BCUT2D eigenvalue weighted by Gasteiger charge is -1.99. The van der Waals surface area contributed by atoms with Crippen molar-refractivity contribution in [1.82, 2.24) is 15.0 Å². The number of rotatable bonds is 1. The first-order chi connectivity index (χ1) is 7.29. The molecule has 0 aliphatic heterocycles. The molecule has 2 rings (SSSR count). The second-order valence-corrected chi connectivity index (χ2v) is 2.90. The molecule has 0 amide bonds. The Bertz CT molecular complexity index is 512. The fourth-order valence-corrected chi connectivity index (χ4v) is 1.13. The molecule has 2 aromatic rings. The van der Waals surface area contributed by atoms with Crippen LogP contribution in [0, 0.1) is 11.3 Å². The van der Waals surface area contributed by atoms with Crippen LogP contribution in [0.5, 0.6) is 0 Å². The van der Waals surface area contributed by atoms with Crippen LogP contribution in [0.1, 0.15) is 5.56 Å². The zero-order valence-electron chi connectivity index (χ0n) is 7.75. The summed E-state index contributed by atoms with van der Waals surface area (Å²) in [5.41, 5.74) is 7.31. The van der Waals surface area contributed by atoms with Crippen molar-refractivity contribution in [3.05, 3.63) is 36.4 Å². The van der Waals surface area contributed by atoms with Gasteiger partial charge in [0.1, 0.15) is 11.9 Å². The van der Waals surface area contributed by atoms with Crippen molar-refractivity contribution < 1.29 is 0 Å². The van der Waals surface area contributed by atoms with E-state index in [4.69, 9.17) is 11.0 Å². The normalized spacial score (nSPS) is 9.53. The van der Waals surface area contributed by atoms with Gasteiger partial charge in [-0.2, -0.15) is 5.26 Å². The summed E-state index contributed by atoms with van der Waals surface area (Å²) < 4.78 is 0. The first-order valence-electron chi connectivity index (χ1n) is 4.22. The molecule has 0 aliphatic rings. The Balaban J connectivity index is 2.46. The van der Waals surface area contributed by atoms with E-state index in [0.29, 0.717) is 17.1 Å². The topological polar surface area (TPSA) is 88.5 Å². The van der Waals surface area contributed by atoms with E-state index >= 15 is 0 Å². The molecule has 72 valence electrons. The van der Waals surface area contributed by atoms with E-state index in [1.165, 1.54) is 12.4 Å². The standard InChI is InChI=1S/C10H7N5/c11-2-7-1-8(4-13-3-7)9-5-15-10(12)6-14-9/h1,3-6H,(H2,12,15). The summed E-state index contributed by atoms with van der Waals surface area (Å²) in [5.74, 6) is 0.364. The molecule has 15 heavy (non-hydrogen) atoms. The van der Waals surface area contributed by atoms with Gasteiger partial charge in [-0.25, -0.2) is 4.98 Å². The fourth-order valence-electron chi connectivity index (χ4n) is 1.13. The molecule has 0 saturated heterocycles. The molecular formula is C10H7N5. The first-order valence-corrected chi connectivity index (χ1v) is 4.22. The minimum atomic E-state index is 0.364. The summed E-state index contributed by atoms with van der Waals surface area (Å²) in [7, 11) is 0. The number of hydrogen-bond acceptors (Lipinski definition) is 5. The van der Waals surface area contributed by atoms with Gasteiger partial charge < -0.3 is 5.73 Å². The maximum atomic E-state index is 8.71. The maximum absolute atomic E-state index is 8.71. The number of nitriles is 1. The Morgan fingerprint density at radius 1 is 1.13 bits per heavy atom. The summed E-state index contributed by atoms with van der Waals surface area (Å²) in [6.07, 6.45) is 6.14. The summed E-state index contributed by atoms with van der Waals surface area (Å²) >= 11 is 0. The minimum absolute atomic E-state index is 0.364. The van der Waals surface area contributed by atoms with Gasteiger partial charge in [0.2, 0.25) is 0 Å². The monoisotopic (exact) mass is 197 g/mol. The largest absolute Gasteiger partial charge is 0.382 e. The molecule has 0 aromatic carbocycles. The van der Waals surface area contributed by atoms with Gasteiger partial charge in [0.15, 0.2) is 0 Å². The Hall–Kier alpha value is -2.48. The van der Waals surface area contributed by atoms with Gasteiger partial charge in [-0.05, 0) is 6.07 Å². The molecule has 5 heteroatoms. The second kappa shape index (κ2) is 3.72. The molecular weight excluding hydrogens is 190 g/mol. The molecule has 2 heterocycles. The van der Waals surface area contributed by atoms with Crippen LogP contribution in [-0.4, -0.2) is 15.0 Å². The Morgan fingerprint density at radius 2 is 2.00 bits per heavy atom. The zero-order valence-corrected chi connectivity index (χ0v) is 7.75. The number of hydrogen-bond donors (Lipinski definition) is 1. The molecule has 5 nitrogen and oxygen atoms in total. The van der Waals surface area contributed by atoms with Crippen molar-refractivity contribution >= 4 is 5.82 Å². The average Bonchev–Trinajstić information content (AvgIpc) is 2.30. The van der Waals surface area contributed by atoms with E-state index in [1.807, 2.05) is 6.07 Å². The third kappa shape index (κ3) is 1.89. The van der Waals surface area contributed by atoms with Gasteiger partial charge in [-0.1, -0.05) is 0 Å². The molecule has 0 atom stereocenters. The number of nitrogens with zero attached hydrogens (tertiary/aromatic N) is 4. The molecule has 0 unspecified atom stereocenters. The molecule has 0 fully saturated rings. The number of nitrogen functional groups attached to an aromatic ring is 1. The molecule has 0 radical (unpaired) electrons. The highest BCUT2D eigenvalue weighted by Gasteiger charge is 2.01. The lowest BCUT2D eigenvalue weighted by atomic mass is 10.2. The van der Waals surface area contributed by atoms with E-state index in [2.05, 4.69) is 15.0 Å². The maximum Gasteiger partial charge on any atom is 0.141 e. The number of aromatic nitrogens is 3. The molecule has 0 spiro atoms. The molecule has 0 aliphatic carbocycles. The quantitative estimate of drug-likeness (QED) is 0.736. The van der Waals surface area contributed by atoms with Gasteiger partial charge in [0.25, 0.3) is 0 Å². The van der Waals surface area contributed by atoms with Crippen LogP contribution in [0.15, 0.2) is 30.9 Å². The molecule has 0 saturated carbocycles. The lowest BCUT2D eigenvalue weighted by molar-refractivity contribution is 1.20. The molecule has 0 bridgehead atoms. The lowest BCUT2D eigenvalue weighted by Crippen LogP contribution is -1.93. The van der Waals surface area contributed by atoms with E-state index in [0.717, 1.165) is 5.56 Å². The van der Waals surface area contributed by atoms with Crippen molar-refractivity contribution in [1.29, 1.82) is 5.26 Å². The predicted octanol–water partition coefficient (Wildman–Crippen LogP) is 0.992. The highest BCUT2D eigenvalue weighted by atomic mass is 14.9. The smallest absolute Gasteiger partial charge is 0.141 e. The van der Waals surface area contributed by atoms with Gasteiger partial charge in [0.05, 0.1) is 23.7 Å². The van der Waals surface area contributed by atoms with Gasteiger partial charge >= 0.3 is 0 Å². The first kappa shape index (κ1) is 9.09. The van der Waals surface area contributed by atoms with Gasteiger partial charge in [-0.15, -0.1) is 0 Å². The van der Waals surface area contributed by atoms with Crippen LogP contribution >= 0.6 is 0 Å². The van der Waals surface area contributed by atoms with Crippen LogP contribution in [0.25, 0.3) is 11.3 Å². The summed E-state index contributed by atoms with van der Waals surface area (Å²) in [6.45, 7) is 0. The van der Waals surface area contributed by atoms with Crippen LogP contribution in [0.3, 0.4) is 0 Å². The van der Waals surface area contributed by atoms with E-state index < -0.39 is 0 Å². The Morgan fingerprint density at radius 3 is 2.67 bits per heavy atom. The number of pyridine rings is 1. The predicted molar refractivity (Wildman–Crippen MR) is 54.4 cm³/mol. The second-order valence-electron chi connectivity index (χ2n) is 2.90. The average molecular weight is 197 g/mol. The number of nitrogens with two attached hydrogens (primary N) is 1. The van der Waals surface area contributed by atoms with Crippen molar-refractivity contribution in [2.75, 3.05) is 5.73 Å². The van der Waals surface area contributed by atoms with Crippen LogP contribution < -0.4 is 5.73 Å². The summed E-state index contributed by atoms with van der Waals surface area (Å²) in [6, 6.07) is 3.71. The van der Waals surface area contributed by atoms with E-state index in [-0.39, 0.29) is 0 Å². The summed E-state index contributed by atoms with van der Waals surface area (Å²) in [4.78, 5) is 11.9. The number of anilines is 1. The van der Waals surface area contributed by atoms with Crippen molar-refractivity contribution in [2.24, 2.45) is 0 Å². The van der Waals surface area contributed by atoms with Crippen LogP contribution in [0.4, 0.5) is 5.82 Å². The highest BCUT2D eigenvalue weighted by molar-refractivity contribution is 5.59. The Kier molecular flexibility index (Phi) is 2.25. The van der Waals surface area contributed by atoms with E-state index in [1.54, 1.807) is 18.5 Å². The highest BCUT2D eigenvalue weighted by Crippen LogP contribution is 2.15. The molecule has 2 aromatic heterocycles. The zero-order chi connectivity index (χ0) is 10.7. The van der Waals surface area contributed by atoms with Crippen LogP contribution in [-0.2, 0) is 0 Å².